The third kappa shape index (κ3) is 2.12. The Bertz CT molecular complexity index is 444. The van der Waals surface area contributed by atoms with Gasteiger partial charge < -0.3 is 10.3 Å². The molecule has 0 unspecified atom stereocenters. The van der Waals surface area contributed by atoms with E-state index in [1.165, 1.54) is 0 Å². The van der Waals surface area contributed by atoms with Crippen LogP contribution in [0.4, 0.5) is 0 Å². The smallest absolute Gasteiger partial charge is 0.163 e. The molecule has 2 N–H and O–H groups in total. The van der Waals surface area contributed by atoms with Gasteiger partial charge in [-0.2, -0.15) is 0 Å². The highest BCUT2D eigenvalue weighted by atomic mass is 15.3. The number of rotatable bonds is 4. The molecule has 16 heavy (non-hydrogen) atoms. The van der Waals surface area contributed by atoms with Crippen LogP contribution in [0.25, 0.3) is 11.4 Å². The standard InChI is InChI=1S/C12H16N4/c1-2-7-16-9-14-15-12(16)11-5-3-10(8-13)4-6-11/h3-6,9H,2,7-8,13H2,1H3. The number of hydrogen-bond acceptors (Lipinski definition) is 3. The summed E-state index contributed by atoms with van der Waals surface area (Å²) in [5.74, 6) is 0.922. The summed E-state index contributed by atoms with van der Waals surface area (Å²) < 4.78 is 2.07. The van der Waals surface area contributed by atoms with E-state index in [1.807, 2.05) is 24.3 Å². The molecule has 4 nitrogen and oxygen atoms in total. The second-order valence-electron chi connectivity index (χ2n) is 3.75. The molecule has 2 aromatic rings. The lowest BCUT2D eigenvalue weighted by molar-refractivity contribution is 0.683. The summed E-state index contributed by atoms with van der Waals surface area (Å²) in [5.41, 5.74) is 7.78. The summed E-state index contributed by atoms with van der Waals surface area (Å²) in [4.78, 5) is 0. The lowest BCUT2D eigenvalue weighted by Gasteiger charge is -2.05. The predicted molar refractivity (Wildman–Crippen MR) is 63.6 cm³/mol. The van der Waals surface area contributed by atoms with Gasteiger partial charge in [-0.05, 0) is 12.0 Å². The molecule has 1 heterocycles. The van der Waals surface area contributed by atoms with Crippen molar-refractivity contribution >= 4 is 0 Å². The van der Waals surface area contributed by atoms with Gasteiger partial charge in [-0.3, -0.25) is 0 Å². The average Bonchev–Trinajstić information content (AvgIpc) is 2.78. The maximum absolute atomic E-state index is 5.56. The van der Waals surface area contributed by atoms with Crippen LogP contribution in [0.1, 0.15) is 18.9 Å². The van der Waals surface area contributed by atoms with Crippen LogP contribution in [-0.2, 0) is 13.1 Å². The predicted octanol–water partition coefficient (Wildman–Crippen LogP) is 1.81. The van der Waals surface area contributed by atoms with Gasteiger partial charge >= 0.3 is 0 Å². The SMILES string of the molecule is CCCn1cnnc1-c1ccc(CN)cc1. The van der Waals surface area contributed by atoms with Gasteiger partial charge in [0.2, 0.25) is 0 Å². The molecule has 0 bridgehead atoms. The van der Waals surface area contributed by atoms with E-state index in [0.29, 0.717) is 6.54 Å². The van der Waals surface area contributed by atoms with Gasteiger partial charge in [0.05, 0.1) is 0 Å². The molecule has 0 aliphatic heterocycles. The van der Waals surface area contributed by atoms with Crippen LogP contribution in [0, 0.1) is 0 Å². The molecule has 0 spiro atoms. The average molecular weight is 216 g/mol. The molecule has 1 aromatic carbocycles. The number of hydrogen-bond donors (Lipinski definition) is 1. The zero-order valence-corrected chi connectivity index (χ0v) is 9.43. The monoisotopic (exact) mass is 216 g/mol. The molecule has 2 rings (SSSR count). The van der Waals surface area contributed by atoms with Crippen LogP contribution in [0.5, 0.6) is 0 Å². The quantitative estimate of drug-likeness (QED) is 0.848. The molecule has 0 aliphatic rings. The Morgan fingerprint density at radius 1 is 1.25 bits per heavy atom. The molecule has 0 amide bonds. The van der Waals surface area contributed by atoms with Gasteiger partial charge in [0.15, 0.2) is 5.82 Å². The maximum Gasteiger partial charge on any atom is 0.163 e. The van der Waals surface area contributed by atoms with Crippen molar-refractivity contribution in [2.24, 2.45) is 5.73 Å². The van der Waals surface area contributed by atoms with Crippen LogP contribution in [0.2, 0.25) is 0 Å². The largest absolute Gasteiger partial charge is 0.326 e. The molecule has 0 saturated heterocycles. The normalized spacial score (nSPS) is 10.6. The number of nitrogens with zero attached hydrogens (tertiary/aromatic N) is 3. The summed E-state index contributed by atoms with van der Waals surface area (Å²) >= 11 is 0. The molecular formula is C12H16N4. The zero-order chi connectivity index (χ0) is 11.4. The van der Waals surface area contributed by atoms with E-state index < -0.39 is 0 Å². The molecule has 0 radical (unpaired) electrons. The molecule has 0 aliphatic carbocycles. The van der Waals surface area contributed by atoms with Crippen LogP contribution in [0.15, 0.2) is 30.6 Å². The number of aryl methyl sites for hydroxylation is 1. The second kappa shape index (κ2) is 4.90. The molecule has 4 heteroatoms. The Morgan fingerprint density at radius 2 is 2.00 bits per heavy atom. The van der Waals surface area contributed by atoms with Crippen molar-refractivity contribution in [3.05, 3.63) is 36.2 Å². The fraction of sp³-hybridized carbons (Fsp3) is 0.333. The Labute approximate surface area is 95.1 Å². The summed E-state index contributed by atoms with van der Waals surface area (Å²) in [5, 5.41) is 8.09. The lowest BCUT2D eigenvalue weighted by Crippen LogP contribution is -1.99. The molecule has 0 saturated carbocycles. The second-order valence-corrected chi connectivity index (χ2v) is 3.75. The van der Waals surface area contributed by atoms with Crippen LogP contribution in [-0.4, -0.2) is 14.8 Å². The molecule has 0 fully saturated rings. The number of nitrogens with two attached hydrogens (primary N) is 1. The number of benzene rings is 1. The Hall–Kier alpha value is -1.68. The zero-order valence-electron chi connectivity index (χ0n) is 9.43. The van der Waals surface area contributed by atoms with Gasteiger partial charge in [-0.15, -0.1) is 10.2 Å². The van der Waals surface area contributed by atoms with Crippen molar-refractivity contribution in [3.63, 3.8) is 0 Å². The van der Waals surface area contributed by atoms with E-state index in [2.05, 4.69) is 21.7 Å². The lowest BCUT2D eigenvalue weighted by atomic mass is 10.1. The summed E-state index contributed by atoms with van der Waals surface area (Å²) in [6.45, 7) is 3.66. The van der Waals surface area contributed by atoms with Crippen LogP contribution < -0.4 is 5.73 Å². The van der Waals surface area contributed by atoms with Crippen molar-refractivity contribution in [3.8, 4) is 11.4 Å². The van der Waals surface area contributed by atoms with Crippen molar-refractivity contribution in [2.75, 3.05) is 0 Å². The molecule has 1 aromatic heterocycles. The number of aromatic nitrogens is 3. The first-order valence-corrected chi connectivity index (χ1v) is 5.52. The van der Waals surface area contributed by atoms with E-state index >= 15 is 0 Å². The van der Waals surface area contributed by atoms with Crippen molar-refractivity contribution in [2.45, 2.75) is 26.4 Å². The van der Waals surface area contributed by atoms with Crippen LogP contribution >= 0.6 is 0 Å². The van der Waals surface area contributed by atoms with Gasteiger partial charge in [0.1, 0.15) is 6.33 Å². The fourth-order valence-corrected chi connectivity index (χ4v) is 1.67. The minimum atomic E-state index is 0.571. The highest BCUT2D eigenvalue weighted by Crippen LogP contribution is 2.17. The third-order valence-corrected chi connectivity index (χ3v) is 2.53. The first kappa shape index (κ1) is 10.8. The van der Waals surface area contributed by atoms with Gasteiger partial charge in [-0.25, -0.2) is 0 Å². The van der Waals surface area contributed by atoms with E-state index in [9.17, 15) is 0 Å². The third-order valence-electron chi connectivity index (χ3n) is 2.53. The highest BCUT2D eigenvalue weighted by molar-refractivity contribution is 5.55. The van der Waals surface area contributed by atoms with Crippen molar-refractivity contribution in [1.82, 2.24) is 14.8 Å². The summed E-state index contributed by atoms with van der Waals surface area (Å²) in [6, 6.07) is 8.14. The maximum atomic E-state index is 5.56. The summed E-state index contributed by atoms with van der Waals surface area (Å²) in [6.07, 6.45) is 2.85. The van der Waals surface area contributed by atoms with Gasteiger partial charge in [-0.1, -0.05) is 31.2 Å². The van der Waals surface area contributed by atoms with Crippen molar-refractivity contribution in [1.29, 1.82) is 0 Å². The first-order valence-electron chi connectivity index (χ1n) is 5.52. The fourth-order valence-electron chi connectivity index (χ4n) is 1.67. The molecular weight excluding hydrogens is 200 g/mol. The topological polar surface area (TPSA) is 56.7 Å². The highest BCUT2D eigenvalue weighted by Gasteiger charge is 2.05. The van der Waals surface area contributed by atoms with Gasteiger partial charge in [0.25, 0.3) is 0 Å². The van der Waals surface area contributed by atoms with Gasteiger partial charge in [0, 0.05) is 18.7 Å². The van der Waals surface area contributed by atoms with E-state index in [0.717, 1.165) is 29.9 Å². The van der Waals surface area contributed by atoms with Crippen LogP contribution in [0.3, 0.4) is 0 Å². The minimum absolute atomic E-state index is 0.571. The van der Waals surface area contributed by atoms with Crippen molar-refractivity contribution < 1.29 is 0 Å². The van der Waals surface area contributed by atoms with E-state index in [1.54, 1.807) is 6.33 Å². The van der Waals surface area contributed by atoms with E-state index in [-0.39, 0.29) is 0 Å². The Morgan fingerprint density at radius 3 is 2.62 bits per heavy atom. The molecule has 84 valence electrons. The Kier molecular flexibility index (Phi) is 3.31. The Balaban J connectivity index is 2.31. The van der Waals surface area contributed by atoms with E-state index in [4.69, 9.17) is 5.73 Å². The minimum Gasteiger partial charge on any atom is -0.326 e. The summed E-state index contributed by atoms with van der Waals surface area (Å²) in [7, 11) is 0. The molecule has 0 atom stereocenters. The first-order chi connectivity index (χ1) is 7.85.